The highest BCUT2D eigenvalue weighted by atomic mass is 35.5. The first kappa shape index (κ1) is 18.0. The van der Waals surface area contributed by atoms with Gasteiger partial charge in [0.2, 0.25) is 10.0 Å². The van der Waals surface area contributed by atoms with Gasteiger partial charge in [-0.1, -0.05) is 11.6 Å². The van der Waals surface area contributed by atoms with E-state index in [-0.39, 0.29) is 16.9 Å². The number of fused-ring (bicyclic) bond motifs is 3. The summed E-state index contributed by atoms with van der Waals surface area (Å²) < 4.78 is 28.4. The van der Waals surface area contributed by atoms with Crippen molar-refractivity contribution in [2.75, 3.05) is 18.8 Å². The molecule has 4 rings (SSSR count). The quantitative estimate of drug-likeness (QED) is 0.655. The molecule has 5 N–H and O–H groups in total. The maximum absolute atomic E-state index is 11.3. The predicted octanol–water partition coefficient (Wildman–Crippen LogP) is 2.09. The fraction of sp³-hybridized carbons (Fsp3) is 0.294. The van der Waals surface area contributed by atoms with Crippen LogP contribution >= 0.6 is 11.6 Å². The van der Waals surface area contributed by atoms with E-state index in [0.717, 1.165) is 41.5 Å². The van der Waals surface area contributed by atoms with Gasteiger partial charge in [-0.2, -0.15) is 0 Å². The van der Waals surface area contributed by atoms with Crippen LogP contribution in [0.3, 0.4) is 0 Å². The molecule has 2 unspecified atom stereocenters. The third-order valence-corrected chi connectivity index (χ3v) is 5.45. The first-order valence-electron chi connectivity index (χ1n) is 7.90. The van der Waals surface area contributed by atoms with E-state index in [1.807, 2.05) is 0 Å². The first-order valence-corrected chi connectivity index (χ1v) is 9.82. The average molecular weight is 382 g/mol. The molecule has 8 heteroatoms. The van der Waals surface area contributed by atoms with Gasteiger partial charge in [0.15, 0.2) is 0 Å². The Morgan fingerprint density at radius 3 is 2.52 bits per heavy atom. The van der Waals surface area contributed by atoms with Gasteiger partial charge >= 0.3 is 0 Å². The summed E-state index contributed by atoms with van der Waals surface area (Å²) in [6.07, 6.45) is 1.08. The Balaban J connectivity index is 0.000000192. The maximum atomic E-state index is 11.3. The highest BCUT2D eigenvalue weighted by Gasteiger charge is 2.36. The van der Waals surface area contributed by atoms with Crippen LogP contribution in [-0.2, 0) is 10.0 Å². The molecule has 2 aromatic rings. The van der Waals surface area contributed by atoms with Gasteiger partial charge in [0.1, 0.15) is 11.9 Å². The van der Waals surface area contributed by atoms with Gasteiger partial charge in [-0.25, -0.2) is 13.6 Å². The lowest BCUT2D eigenvalue weighted by molar-refractivity contribution is 0.177. The summed E-state index contributed by atoms with van der Waals surface area (Å²) in [6.45, 7) is 1.74. The molecule has 6 nitrogen and oxygen atoms in total. The topological polar surface area (TPSA) is 107 Å². The molecule has 0 amide bonds. The van der Waals surface area contributed by atoms with Crippen molar-refractivity contribution in [3.63, 3.8) is 0 Å². The van der Waals surface area contributed by atoms with Crippen molar-refractivity contribution in [2.45, 2.75) is 23.3 Å². The third kappa shape index (κ3) is 4.24. The van der Waals surface area contributed by atoms with Crippen LogP contribution in [0, 0.1) is 0 Å². The van der Waals surface area contributed by atoms with E-state index in [9.17, 15) is 8.42 Å². The van der Waals surface area contributed by atoms with E-state index in [1.165, 1.54) is 6.07 Å². The maximum Gasteiger partial charge on any atom is 0.238 e. The van der Waals surface area contributed by atoms with Crippen molar-refractivity contribution in [3.8, 4) is 5.75 Å². The van der Waals surface area contributed by atoms with Gasteiger partial charge in [0, 0.05) is 28.7 Å². The third-order valence-electron chi connectivity index (χ3n) is 4.28. The molecule has 0 aromatic heterocycles. The Hall–Kier alpha value is -1.80. The second-order valence-electron chi connectivity index (χ2n) is 6.05. The Morgan fingerprint density at radius 1 is 1.16 bits per heavy atom. The number of halogens is 1. The molecule has 0 bridgehead atoms. The zero-order chi connectivity index (χ0) is 18.0. The Morgan fingerprint density at radius 2 is 1.88 bits per heavy atom. The lowest BCUT2D eigenvalue weighted by Crippen LogP contribution is -2.39. The number of piperidine rings is 1. The molecule has 2 atom stereocenters. The summed E-state index contributed by atoms with van der Waals surface area (Å²) in [7, 11) is -3.63. The first-order chi connectivity index (χ1) is 11.8. The normalized spacial score (nSPS) is 21.4. The van der Waals surface area contributed by atoms with Gasteiger partial charge in [-0.3, -0.25) is 0 Å². The zero-order valence-corrected chi connectivity index (χ0v) is 15.1. The fourth-order valence-corrected chi connectivity index (χ4v) is 3.71. The van der Waals surface area contributed by atoms with Crippen molar-refractivity contribution in [3.05, 3.63) is 53.1 Å². The summed E-state index contributed by atoms with van der Waals surface area (Å²) in [6, 6.07) is 11.9. The fourth-order valence-electron chi connectivity index (χ4n) is 3.04. The number of sulfonamides is 1. The van der Waals surface area contributed by atoms with Crippen LogP contribution in [0.4, 0.5) is 5.69 Å². The van der Waals surface area contributed by atoms with Gasteiger partial charge in [-0.15, -0.1) is 0 Å². The van der Waals surface area contributed by atoms with Crippen LogP contribution in [0.25, 0.3) is 0 Å². The van der Waals surface area contributed by atoms with Gasteiger partial charge in [0.25, 0.3) is 0 Å². The smallest absolute Gasteiger partial charge is 0.238 e. The number of nitrogens with one attached hydrogen (secondary N) is 1. The standard InChI is InChI=1S/C11H14N2O3S.C6H6ClN/c12-17(14,15)7-1-2-10-9(5-7)8-3-4-13-6-11(8)16-10;7-5-1-3-6(8)4-2-5/h1-2,5,8,11,13H,3-4,6H2,(H2,12,14,15);1-4H,8H2. The van der Waals surface area contributed by atoms with E-state index in [1.54, 1.807) is 36.4 Å². The summed E-state index contributed by atoms with van der Waals surface area (Å²) in [5.74, 6) is 1.07. The molecule has 0 spiro atoms. The number of hydrogen-bond donors (Lipinski definition) is 3. The zero-order valence-electron chi connectivity index (χ0n) is 13.5. The van der Waals surface area contributed by atoms with E-state index in [2.05, 4.69) is 5.32 Å². The van der Waals surface area contributed by atoms with Crippen LogP contribution < -0.4 is 20.9 Å². The molecule has 25 heavy (non-hydrogen) atoms. The van der Waals surface area contributed by atoms with Crippen LogP contribution in [0.15, 0.2) is 47.4 Å². The molecule has 2 aliphatic rings. The van der Waals surface area contributed by atoms with Gasteiger partial charge < -0.3 is 15.8 Å². The molecular formula is C17H20ClN3O3S. The number of ether oxygens (including phenoxy) is 1. The van der Waals surface area contributed by atoms with Gasteiger partial charge in [0.05, 0.1) is 4.90 Å². The Bertz CT molecular complexity index is 835. The number of nitrogen functional groups attached to an aromatic ring is 1. The Kier molecular flexibility index (Phi) is 5.19. The number of primary sulfonamides is 1. The van der Waals surface area contributed by atoms with Crippen molar-refractivity contribution in [1.82, 2.24) is 5.32 Å². The average Bonchev–Trinajstić information content (AvgIpc) is 2.95. The lowest BCUT2D eigenvalue weighted by atomic mass is 9.90. The van der Waals surface area contributed by atoms with Crippen molar-refractivity contribution >= 4 is 27.3 Å². The minimum Gasteiger partial charge on any atom is -0.488 e. The lowest BCUT2D eigenvalue weighted by Gasteiger charge is -2.24. The summed E-state index contributed by atoms with van der Waals surface area (Å²) >= 11 is 5.56. The SMILES string of the molecule is NS(=O)(=O)c1ccc2c(c1)C1CCNCC1O2.Nc1ccc(Cl)cc1. The minimum atomic E-state index is -3.63. The molecule has 1 fully saturated rings. The molecule has 134 valence electrons. The van der Waals surface area contributed by atoms with E-state index < -0.39 is 10.0 Å². The largest absolute Gasteiger partial charge is 0.488 e. The summed E-state index contributed by atoms with van der Waals surface area (Å²) in [5, 5.41) is 9.13. The van der Waals surface area contributed by atoms with Crippen molar-refractivity contribution in [2.24, 2.45) is 5.14 Å². The van der Waals surface area contributed by atoms with Crippen molar-refractivity contribution in [1.29, 1.82) is 0 Å². The van der Waals surface area contributed by atoms with Crippen LogP contribution in [-0.4, -0.2) is 27.6 Å². The molecule has 2 aromatic carbocycles. The number of rotatable bonds is 1. The summed E-state index contributed by atoms with van der Waals surface area (Å²) in [5.41, 5.74) is 7.09. The van der Waals surface area contributed by atoms with Crippen LogP contribution in [0.5, 0.6) is 5.75 Å². The molecule has 0 aliphatic carbocycles. The Labute approximate surface area is 152 Å². The van der Waals surface area contributed by atoms with E-state index >= 15 is 0 Å². The highest BCUT2D eigenvalue weighted by molar-refractivity contribution is 7.89. The number of anilines is 1. The van der Waals surface area contributed by atoms with E-state index in [4.69, 9.17) is 27.2 Å². The molecule has 2 heterocycles. The summed E-state index contributed by atoms with van der Waals surface area (Å²) in [4.78, 5) is 0.166. The number of benzene rings is 2. The second kappa shape index (κ2) is 7.21. The van der Waals surface area contributed by atoms with Crippen LogP contribution in [0.2, 0.25) is 5.02 Å². The molecule has 0 saturated carbocycles. The number of nitrogens with two attached hydrogens (primary N) is 2. The number of hydrogen-bond acceptors (Lipinski definition) is 5. The molecule has 1 saturated heterocycles. The second-order valence-corrected chi connectivity index (χ2v) is 8.05. The molecule has 0 radical (unpaired) electrons. The monoisotopic (exact) mass is 381 g/mol. The predicted molar refractivity (Wildman–Crippen MR) is 98.3 cm³/mol. The minimum absolute atomic E-state index is 0.120. The molecule has 2 aliphatic heterocycles. The van der Waals surface area contributed by atoms with Gasteiger partial charge in [-0.05, 0) is 55.4 Å². The highest BCUT2D eigenvalue weighted by Crippen LogP contribution is 2.41. The van der Waals surface area contributed by atoms with Crippen LogP contribution in [0.1, 0.15) is 17.9 Å². The van der Waals surface area contributed by atoms with E-state index in [0.29, 0.717) is 0 Å². The van der Waals surface area contributed by atoms with Crippen molar-refractivity contribution < 1.29 is 13.2 Å². The molecular weight excluding hydrogens is 362 g/mol.